The van der Waals surface area contributed by atoms with E-state index in [2.05, 4.69) is 15.4 Å². The van der Waals surface area contributed by atoms with E-state index in [0.29, 0.717) is 47.3 Å². The zero-order valence-corrected chi connectivity index (χ0v) is 17.9. The molecule has 31 heavy (non-hydrogen) atoms. The number of amides is 2. The fourth-order valence-corrected chi connectivity index (χ4v) is 4.97. The lowest BCUT2D eigenvalue weighted by Crippen LogP contribution is -2.35. The first-order valence-corrected chi connectivity index (χ1v) is 10.7. The maximum Gasteiger partial charge on any atom is 0.410 e. The second kappa shape index (κ2) is 8.01. The predicted octanol–water partition coefficient (Wildman–Crippen LogP) is 3.61. The number of fused-ring (bicyclic) bond motifs is 2. The Morgan fingerprint density at radius 1 is 0.935 bits per heavy atom. The second-order valence-corrected chi connectivity index (χ2v) is 8.87. The van der Waals surface area contributed by atoms with Crippen molar-refractivity contribution in [2.24, 2.45) is 11.8 Å². The van der Waals surface area contributed by atoms with Crippen molar-refractivity contribution in [3.05, 3.63) is 57.6 Å². The first kappa shape index (κ1) is 20.1. The molecule has 0 aliphatic carbocycles. The van der Waals surface area contributed by atoms with Crippen LogP contribution in [0, 0.1) is 11.8 Å². The minimum Gasteiger partial charge on any atom is -0.445 e. The van der Waals surface area contributed by atoms with Gasteiger partial charge in [-0.3, -0.25) is 4.79 Å². The topological polar surface area (TPSA) is 91.4 Å². The summed E-state index contributed by atoms with van der Waals surface area (Å²) >= 11 is 12.0. The normalized spacial score (nSPS) is 20.3. The maximum absolute atomic E-state index is 12.9. The van der Waals surface area contributed by atoms with Crippen molar-refractivity contribution >= 4 is 46.2 Å². The summed E-state index contributed by atoms with van der Waals surface area (Å²) in [6, 6.07) is 10.4. The number of benzene rings is 2. The lowest BCUT2D eigenvalue weighted by Gasteiger charge is -2.21. The van der Waals surface area contributed by atoms with Gasteiger partial charge >= 0.3 is 6.09 Å². The summed E-state index contributed by atoms with van der Waals surface area (Å²) in [7, 11) is 0. The van der Waals surface area contributed by atoms with E-state index in [-0.39, 0.29) is 30.4 Å². The number of rotatable bonds is 3. The first-order valence-electron chi connectivity index (χ1n) is 9.93. The van der Waals surface area contributed by atoms with Gasteiger partial charge in [0.15, 0.2) is 0 Å². The van der Waals surface area contributed by atoms with E-state index >= 15 is 0 Å². The Labute approximate surface area is 188 Å². The lowest BCUT2D eigenvalue weighted by molar-refractivity contribution is 0.0764. The summed E-state index contributed by atoms with van der Waals surface area (Å²) < 4.78 is 5.44. The number of nitrogens with one attached hydrogen (secondary N) is 1. The van der Waals surface area contributed by atoms with E-state index in [4.69, 9.17) is 27.9 Å². The maximum atomic E-state index is 12.9. The highest BCUT2D eigenvalue weighted by atomic mass is 35.5. The molecule has 5 rings (SSSR count). The fourth-order valence-electron chi connectivity index (χ4n) is 4.39. The molecular weight excluding hydrogens is 441 g/mol. The molecule has 2 saturated heterocycles. The molecular formula is C21H19Cl2N5O3. The van der Waals surface area contributed by atoms with Crippen molar-refractivity contribution in [3.8, 4) is 0 Å². The molecule has 2 aliphatic heterocycles. The van der Waals surface area contributed by atoms with Crippen LogP contribution in [0.15, 0.2) is 36.4 Å². The van der Waals surface area contributed by atoms with Gasteiger partial charge in [0.25, 0.3) is 5.91 Å². The highest BCUT2D eigenvalue weighted by Crippen LogP contribution is 2.32. The largest absolute Gasteiger partial charge is 0.445 e. The monoisotopic (exact) mass is 459 g/mol. The van der Waals surface area contributed by atoms with E-state index in [1.807, 2.05) is 4.90 Å². The number of H-pyrrole nitrogens is 1. The Balaban J connectivity index is 1.16. The molecule has 2 amide bonds. The summed E-state index contributed by atoms with van der Waals surface area (Å²) in [5.41, 5.74) is 2.73. The second-order valence-electron chi connectivity index (χ2n) is 7.99. The van der Waals surface area contributed by atoms with Crippen LogP contribution in [-0.2, 0) is 11.3 Å². The van der Waals surface area contributed by atoms with Gasteiger partial charge < -0.3 is 14.5 Å². The van der Waals surface area contributed by atoms with Gasteiger partial charge in [-0.1, -0.05) is 23.2 Å². The number of carbonyl (C=O) groups is 2. The van der Waals surface area contributed by atoms with Gasteiger partial charge in [-0.15, -0.1) is 0 Å². The van der Waals surface area contributed by atoms with Crippen LogP contribution in [0.25, 0.3) is 11.0 Å². The molecule has 1 N–H and O–H groups in total. The first-order chi connectivity index (χ1) is 15.0. The third kappa shape index (κ3) is 4.05. The quantitative estimate of drug-likeness (QED) is 0.645. The Morgan fingerprint density at radius 2 is 1.58 bits per heavy atom. The fraction of sp³-hybridized carbons (Fsp3) is 0.333. The predicted molar refractivity (Wildman–Crippen MR) is 115 cm³/mol. The highest BCUT2D eigenvalue weighted by Gasteiger charge is 2.43. The third-order valence-corrected chi connectivity index (χ3v) is 6.32. The average Bonchev–Trinajstić information content (AvgIpc) is 3.44. The summed E-state index contributed by atoms with van der Waals surface area (Å²) in [4.78, 5) is 29.0. The lowest BCUT2D eigenvalue weighted by atomic mass is 10.0. The molecule has 2 fully saturated rings. The van der Waals surface area contributed by atoms with Crippen LogP contribution in [-0.4, -0.2) is 63.4 Å². The minimum atomic E-state index is -0.361. The average molecular weight is 460 g/mol. The standard InChI is InChI=1S/C21H19Cl2N5O3/c22-16-3-12(4-17(23)6-16)11-31-21(30)28-9-14-7-27(8-15(14)10-28)20(29)13-1-2-18-19(5-13)25-26-24-18/h1-6,14-15H,7-11H2,(H,24,25,26). The summed E-state index contributed by atoms with van der Waals surface area (Å²) in [6.07, 6.45) is -0.361. The van der Waals surface area contributed by atoms with Crippen LogP contribution in [0.1, 0.15) is 15.9 Å². The zero-order valence-electron chi connectivity index (χ0n) is 16.4. The van der Waals surface area contributed by atoms with Crippen LogP contribution >= 0.6 is 23.2 Å². The third-order valence-electron chi connectivity index (χ3n) is 5.88. The van der Waals surface area contributed by atoms with Crippen LogP contribution in [0.3, 0.4) is 0 Å². The van der Waals surface area contributed by atoms with Crippen molar-refractivity contribution in [2.75, 3.05) is 26.2 Å². The van der Waals surface area contributed by atoms with Crippen LogP contribution in [0.2, 0.25) is 10.0 Å². The number of aromatic amines is 1. The molecule has 10 heteroatoms. The van der Waals surface area contributed by atoms with E-state index in [0.717, 1.165) is 11.1 Å². The minimum absolute atomic E-state index is 0.0220. The van der Waals surface area contributed by atoms with Crippen molar-refractivity contribution in [3.63, 3.8) is 0 Å². The molecule has 0 saturated carbocycles. The van der Waals surface area contributed by atoms with Gasteiger partial charge in [0.05, 0.1) is 0 Å². The van der Waals surface area contributed by atoms with Gasteiger partial charge in [-0.2, -0.15) is 15.4 Å². The smallest absolute Gasteiger partial charge is 0.410 e. The SMILES string of the molecule is O=C(OCc1cc(Cl)cc(Cl)c1)N1CC2CN(C(=O)c3ccc4n[nH]nc4c3)CC2C1. The van der Waals surface area contributed by atoms with E-state index in [9.17, 15) is 9.59 Å². The number of nitrogens with zero attached hydrogens (tertiary/aromatic N) is 4. The summed E-state index contributed by atoms with van der Waals surface area (Å²) in [5, 5.41) is 11.6. The van der Waals surface area contributed by atoms with Gasteiger partial charge in [-0.05, 0) is 42.0 Å². The molecule has 8 nitrogen and oxygen atoms in total. The number of ether oxygens (including phenoxy) is 1. The molecule has 0 bridgehead atoms. The van der Waals surface area contributed by atoms with Gasteiger partial charge in [0.1, 0.15) is 17.6 Å². The molecule has 2 aliphatic rings. The van der Waals surface area contributed by atoms with Crippen molar-refractivity contribution in [1.82, 2.24) is 25.2 Å². The molecule has 0 radical (unpaired) electrons. The summed E-state index contributed by atoms with van der Waals surface area (Å²) in [5.74, 6) is 0.465. The van der Waals surface area contributed by atoms with Gasteiger partial charge in [-0.25, -0.2) is 4.79 Å². The zero-order chi connectivity index (χ0) is 21.5. The van der Waals surface area contributed by atoms with E-state index in [1.54, 1.807) is 41.3 Å². The number of hydrogen-bond acceptors (Lipinski definition) is 5. The molecule has 2 aromatic carbocycles. The summed E-state index contributed by atoms with van der Waals surface area (Å²) in [6.45, 7) is 2.50. The number of halogens is 2. The van der Waals surface area contributed by atoms with Crippen LogP contribution in [0.5, 0.6) is 0 Å². The van der Waals surface area contributed by atoms with Crippen LogP contribution in [0.4, 0.5) is 4.79 Å². The number of carbonyl (C=O) groups excluding carboxylic acids is 2. The Morgan fingerprint density at radius 3 is 2.29 bits per heavy atom. The molecule has 2 unspecified atom stereocenters. The molecule has 0 spiro atoms. The molecule has 3 heterocycles. The van der Waals surface area contributed by atoms with E-state index in [1.165, 1.54) is 0 Å². The Hall–Kier alpha value is -2.84. The molecule has 1 aromatic heterocycles. The Kier molecular flexibility index (Phi) is 5.19. The van der Waals surface area contributed by atoms with Crippen molar-refractivity contribution < 1.29 is 14.3 Å². The van der Waals surface area contributed by atoms with Crippen molar-refractivity contribution in [2.45, 2.75) is 6.61 Å². The number of likely N-dealkylation sites (tertiary alicyclic amines) is 2. The van der Waals surface area contributed by atoms with Gasteiger partial charge in [0.2, 0.25) is 0 Å². The molecule has 3 aromatic rings. The van der Waals surface area contributed by atoms with Gasteiger partial charge in [0, 0.05) is 53.6 Å². The molecule has 160 valence electrons. The van der Waals surface area contributed by atoms with E-state index < -0.39 is 0 Å². The highest BCUT2D eigenvalue weighted by molar-refractivity contribution is 6.34. The number of aromatic nitrogens is 3. The van der Waals surface area contributed by atoms with Crippen LogP contribution < -0.4 is 0 Å². The molecule has 2 atom stereocenters. The number of hydrogen-bond donors (Lipinski definition) is 1. The van der Waals surface area contributed by atoms with Crippen molar-refractivity contribution in [1.29, 1.82) is 0 Å². The Bertz CT molecular complexity index is 1130.